The van der Waals surface area contributed by atoms with Crippen molar-refractivity contribution in [2.45, 2.75) is 38.5 Å². The Morgan fingerprint density at radius 3 is 2.71 bits per heavy atom. The summed E-state index contributed by atoms with van der Waals surface area (Å²) >= 11 is 0. The molecule has 1 saturated heterocycles. The molecule has 0 aromatic heterocycles. The first-order valence-corrected chi connectivity index (χ1v) is 9.32. The second kappa shape index (κ2) is 9.65. The number of fused-ring (bicyclic) bond motifs is 1. The Bertz CT molecular complexity index is 500. The first-order valence-electron chi connectivity index (χ1n) is 9.32. The highest BCUT2D eigenvalue weighted by Crippen LogP contribution is 2.29. The van der Waals surface area contributed by atoms with E-state index in [9.17, 15) is 0 Å². The summed E-state index contributed by atoms with van der Waals surface area (Å²) in [5.41, 5.74) is 3.08. The van der Waals surface area contributed by atoms with Crippen LogP contribution in [0.5, 0.6) is 5.75 Å². The van der Waals surface area contributed by atoms with Gasteiger partial charge in [-0.1, -0.05) is 6.07 Å². The first kappa shape index (κ1) is 19.6. The molecule has 1 atom stereocenters. The molecule has 0 N–H and O–H groups in total. The molecule has 1 fully saturated rings. The number of ether oxygens (including phenoxy) is 1. The normalized spacial score (nSPS) is 20.7. The van der Waals surface area contributed by atoms with Crippen molar-refractivity contribution < 1.29 is 4.74 Å². The van der Waals surface area contributed by atoms with E-state index < -0.39 is 0 Å². The molecular weight excluding hydrogens is 320 g/mol. The van der Waals surface area contributed by atoms with E-state index in [1.165, 1.54) is 57.3 Å². The minimum atomic E-state index is 0. The average Bonchev–Trinajstić information content (AvgIpc) is 3.04. The van der Waals surface area contributed by atoms with Gasteiger partial charge in [-0.15, -0.1) is 12.4 Å². The molecule has 1 aliphatic heterocycles. The molecule has 0 saturated carbocycles. The Kier molecular flexibility index (Phi) is 7.86. The van der Waals surface area contributed by atoms with E-state index in [-0.39, 0.29) is 12.4 Å². The lowest BCUT2D eigenvalue weighted by atomic mass is 9.83. The summed E-state index contributed by atoms with van der Waals surface area (Å²) in [6, 6.07) is 6.77. The molecule has 1 aliphatic carbocycles. The van der Waals surface area contributed by atoms with Gasteiger partial charge in [0, 0.05) is 13.1 Å². The van der Waals surface area contributed by atoms with Crippen molar-refractivity contribution in [3.8, 4) is 5.75 Å². The number of aryl methyl sites for hydroxylation is 1. The van der Waals surface area contributed by atoms with Gasteiger partial charge >= 0.3 is 0 Å². The zero-order valence-corrected chi connectivity index (χ0v) is 16.1. The molecule has 4 heteroatoms. The Labute approximate surface area is 153 Å². The fourth-order valence-electron chi connectivity index (χ4n) is 3.95. The fourth-order valence-corrected chi connectivity index (χ4v) is 3.95. The Hall–Kier alpha value is -0.770. The van der Waals surface area contributed by atoms with Crippen molar-refractivity contribution in [3.05, 3.63) is 29.3 Å². The van der Waals surface area contributed by atoms with Crippen LogP contribution in [0, 0.1) is 5.92 Å². The van der Waals surface area contributed by atoms with Crippen LogP contribution in [0.25, 0.3) is 0 Å². The van der Waals surface area contributed by atoms with Gasteiger partial charge < -0.3 is 14.5 Å². The van der Waals surface area contributed by atoms with Crippen LogP contribution in [-0.2, 0) is 12.8 Å². The second-order valence-corrected chi connectivity index (χ2v) is 7.55. The van der Waals surface area contributed by atoms with Crippen LogP contribution in [0.3, 0.4) is 0 Å². The van der Waals surface area contributed by atoms with E-state index in [4.69, 9.17) is 4.74 Å². The molecule has 24 heavy (non-hydrogen) atoms. The van der Waals surface area contributed by atoms with Gasteiger partial charge in [0.05, 0.1) is 6.61 Å². The van der Waals surface area contributed by atoms with Crippen LogP contribution < -0.4 is 4.74 Å². The summed E-state index contributed by atoms with van der Waals surface area (Å²) < 4.78 is 5.92. The number of hydrogen-bond acceptors (Lipinski definition) is 3. The topological polar surface area (TPSA) is 15.7 Å². The summed E-state index contributed by atoms with van der Waals surface area (Å²) in [6.07, 6.45) is 7.71. The quantitative estimate of drug-likeness (QED) is 0.697. The van der Waals surface area contributed by atoms with Crippen LogP contribution >= 0.6 is 12.4 Å². The van der Waals surface area contributed by atoms with Gasteiger partial charge in [0.15, 0.2) is 0 Å². The summed E-state index contributed by atoms with van der Waals surface area (Å²) in [5.74, 6) is 1.91. The molecule has 2 aliphatic rings. The molecule has 0 bridgehead atoms. The third-order valence-corrected chi connectivity index (χ3v) is 5.24. The zero-order valence-electron chi connectivity index (χ0n) is 15.3. The van der Waals surface area contributed by atoms with Crippen molar-refractivity contribution >= 4 is 12.4 Å². The summed E-state index contributed by atoms with van der Waals surface area (Å²) in [5, 5.41) is 0. The van der Waals surface area contributed by atoms with E-state index in [0.29, 0.717) is 0 Å². The predicted molar refractivity (Wildman–Crippen MR) is 104 cm³/mol. The zero-order chi connectivity index (χ0) is 16.1. The van der Waals surface area contributed by atoms with Gasteiger partial charge in [-0.25, -0.2) is 0 Å². The van der Waals surface area contributed by atoms with Gasteiger partial charge in [0.2, 0.25) is 0 Å². The van der Waals surface area contributed by atoms with E-state index in [0.717, 1.165) is 31.2 Å². The number of nitrogens with zero attached hydrogens (tertiary/aromatic N) is 2. The number of likely N-dealkylation sites (tertiary alicyclic amines) is 1. The fraction of sp³-hybridized carbons (Fsp3) is 0.700. The van der Waals surface area contributed by atoms with E-state index >= 15 is 0 Å². The van der Waals surface area contributed by atoms with Crippen LogP contribution in [0.15, 0.2) is 18.2 Å². The molecule has 0 amide bonds. The summed E-state index contributed by atoms with van der Waals surface area (Å²) in [6.45, 7) is 5.85. The van der Waals surface area contributed by atoms with Gasteiger partial charge in [-0.2, -0.15) is 0 Å². The number of halogens is 1. The third kappa shape index (κ3) is 5.65. The van der Waals surface area contributed by atoms with Crippen molar-refractivity contribution in [3.63, 3.8) is 0 Å². The van der Waals surface area contributed by atoms with E-state index in [1.807, 2.05) is 0 Å². The molecule has 1 unspecified atom stereocenters. The lowest BCUT2D eigenvalue weighted by Gasteiger charge is -2.28. The van der Waals surface area contributed by atoms with Crippen molar-refractivity contribution in [2.75, 3.05) is 46.9 Å². The number of hydrogen-bond donors (Lipinski definition) is 0. The minimum Gasteiger partial charge on any atom is -0.494 e. The lowest BCUT2D eigenvalue weighted by molar-refractivity contribution is 0.261. The molecular formula is C20H33ClN2O. The van der Waals surface area contributed by atoms with E-state index in [1.54, 1.807) is 5.56 Å². The van der Waals surface area contributed by atoms with Crippen LogP contribution in [0.1, 0.15) is 36.8 Å². The molecule has 1 aromatic carbocycles. The SMILES string of the molecule is CN(C)CCCOc1ccc2c(c1)CCC(CN1CCCC1)C2.Cl. The van der Waals surface area contributed by atoms with Crippen molar-refractivity contribution in [1.82, 2.24) is 9.80 Å². The molecule has 0 spiro atoms. The highest BCUT2D eigenvalue weighted by molar-refractivity contribution is 5.85. The van der Waals surface area contributed by atoms with Gasteiger partial charge in [-0.3, -0.25) is 0 Å². The van der Waals surface area contributed by atoms with Crippen molar-refractivity contribution in [2.24, 2.45) is 5.92 Å². The van der Waals surface area contributed by atoms with Crippen LogP contribution in [0.2, 0.25) is 0 Å². The second-order valence-electron chi connectivity index (χ2n) is 7.55. The van der Waals surface area contributed by atoms with Crippen molar-refractivity contribution in [1.29, 1.82) is 0 Å². The third-order valence-electron chi connectivity index (χ3n) is 5.24. The highest BCUT2D eigenvalue weighted by atomic mass is 35.5. The lowest BCUT2D eigenvalue weighted by Crippen LogP contribution is -2.30. The Balaban J connectivity index is 0.00000208. The molecule has 1 heterocycles. The number of rotatable bonds is 7. The number of benzene rings is 1. The molecule has 1 aromatic rings. The maximum absolute atomic E-state index is 5.92. The Morgan fingerprint density at radius 2 is 1.96 bits per heavy atom. The minimum absolute atomic E-state index is 0. The van der Waals surface area contributed by atoms with Gasteiger partial charge in [0.25, 0.3) is 0 Å². The van der Waals surface area contributed by atoms with Crippen LogP contribution in [-0.4, -0.2) is 56.7 Å². The standard InChI is InChI=1S/C20H32N2O.ClH/c1-21(2)10-5-13-23-20-9-8-18-14-17(6-7-19(18)15-20)16-22-11-3-4-12-22;/h8-9,15,17H,3-7,10-14,16H2,1-2H3;1H. The van der Waals surface area contributed by atoms with Gasteiger partial charge in [0.1, 0.15) is 5.75 Å². The predicted octanol–water partition coefficient (Wildman–Crippen LogP) is 3.64. The largest absolute Gasteiger partial charge is 0.494 e. The Morgan fingerprint density at radius 1 is 1.17 bits per heavy atom. The first-order chi connectivity index (χ1) is 11.2. The smallest absolute Gasteiger partial charge is 0.119 e. The molecule has 136 valence electrons. The monoisotopic (exact) mass is 352 g/mol. The summed E-state index contributed by atoms with van der Waals surface area (Å²) in [4.78, 5) is 4.87. The highest BCUT2D eigenvalue weighted by Gasteiger charge is 2.22. The van der Waals surface area contributed by atoms with E-state index in [2.05, 4.69) is 42.1 Å². The molecule has 3 rings (SSSR count). The maximum atomic E-state index is 5.92. The average molecular weight is 353 g/mol. The molecule has 0 radical (unpaired) electrons. The van der Waals surface area contributed by atoms with Gasteiger partial charge in [-0.05, 0) is 94.9 Å². The summed E-state index contributed by atoms with van der Waals surface area (Å²) in [7, 11) is 4.22. The molecule has 3 nitrogen and oxygen atoms in total. The van der Waals surface area contributed by atoms with Crippen LogP contribution in [0.4, 0.5) is 0 Å². The maximum Gasteiger partial charge on any atom is 0.119 e.